The largest absolute Gasteiger partial charge is 0.478 e. The van der Waals surface area contributed by atoms with Crippen molar-refractivity contribution in [1.29, 1.82) is 0 Å². The molecular formula is C14H20N2O4S. The minimum Gasteiger partial charge on any atom is -0.478 e. The Labute approximate surface area is 127 Å². The van der Waals surface area contributed by atoms with Crippen LogP contribution in [-0.4, -0.2) is 34.4 Å². The normalized spacial score (nSPS) is 16.7. The summed E-state index contributed by atoms with van der Waals surface area (Å²) in [4.78, 5) is 24.3. The molecule has 1 aliphatic carbocycles. The molecule has 0 saturated heterocycles. The predicted molar refractivity (Wildman–Crippen MR) is 81.2 cm³/mol. The molecule has 0 spiro atoms. The molecule has 2 rings (SSSR count). The summed E-state index contributed by atoms with van der Waals surface area (Å²) in [6, 6.07) is -0.463. The average Bonchev–Trinajstić information content (AvgIpc) is 2.96. The van der Waals surface area contributed by atoms with Crippen molar-refractivity contribution >= 4 is 28.3 Å². The molecule has 0 bridgehead atoms. The van der Waals surface area contributed by atoms with Gasteiger partial charge in [0.1, 0.15) is 5.00 Å². The van der Waals surface area contributed by atoms with E-state index in [0.717, 1.165) is 30.6 Å². The topological polar surface area (TPSA) is 98.7 Å². The Morgan fingerprint density at radius 3 is 2.43 bits per heavy atom. The fourth-order valence-electron chi connectivity index (χ4n) is 2.72. The molecule has 4 N–H and O–H groups in total. The monoisotopic (exact) mass is 312 g/mol. The van der Waals surface area contributed by atoms with Crippen LogP contribution in [0.1, 0.15) is 46.5 Å². The van der Waals surface area contributed by atoms with Gasteiger partial charge in [0, 0.05) is 4.88 Å². The number of urea groups is 1. The van der Waals surface area contributed by atoms with Gasteiger partial charge in [-0.1, -0.05) is 12.8 Å². The first-order valence-corrected chi connectivity index (χ1v) is 7.73. The quantitative estimate of drug-likeness (QED) is 0.686. The first-order chi connectivity index (χ1) is 9.88. The molecule has 0 aromatic carbocycles. The van der Waals surface area contributed by atoms with E-state index in [1.807, 2.05) is 6.92 Å². The number of amides is 2. The SMILES string of the molecule is Cc1sc(NC(=O)NC2(CO)CCCC2)c(C(=O)O)c1C. The van der Waals surface area contributed by atoms with Crippen LogP contribution >= 0.6 is 11.3 Å². The Morgan fingerprint density at radius 2 is 1.90 bits per heavy atom. The van der Waals surface area contributed by atoms with Crippen molar-refractivity contribution in [3.05, 3.63) is 16.0 Å². The number of aromatic carboxylic acids is 1. The summed E-state index contributed by atoms with van der Waals surface area (Å²) >= 11 is 1.25. The number of aryl methyl sites for hydroxylation is 1. The maximum absolute atomic E-state index is 12.1. The van der Waals surface area contributed by atoms with Crippen LogP contribution in [0.25, 0.3) is 0 Å². The van der Waals surface area contributed by atoms with Gasteiger partial charge < -0.3 is 15.5 Å². The number of aliphatic hydroxyl groups excluding tert-OH is 1. The number of carbonyl (C=O) groups is 2. The summed E-state index contributed by atoms with van der Waals surface area (Å²) in [7, 11) is 0. The molecule has 1 aromatic rings. The van der Waals surface area contributed by atoms with Crippen LogP contribution in [0, 0.1) is 13.8 Å². The van der Waals surface area contributed by atoms with Gasteiger partial charge >= 0.3 is 12.0 Å². The number of carboxylic acid groups (broad SMARTS) is 1. The van der Waals surface area contributed by atoms with Gasteiger partial charge in [0.25, 0.3) is 0 Å². The zero-order valence-electron chi connectivity index (χ0n) is 12.2. The summed E-state index contributed by atoms with van der Waals surface area (Å²) in [6.45, 7) is 3.45. The number of carbonyl (C=O) groups excluding carboxylic acids is 1. The molecule has 6 nitrogen and oxygen atoms in total. The van der Waals surface area contributed by atoms with Gasteiger partial charge in [-0.2, -0.15) is 0 Å². The van der Waals surface area contributed by atoms with E-state index in [-0.39, 0.29) is 12.2 Å². The standard InChI is InChI=1S/C14H20N2O4S/c1-8-9(2)21-11(10(8)12(18)19)15-13(20)16-14(7-17)5-3-4-6-14/h17H,3-7H2,1-2H3,(H,18,19)(H2,15,16,20). The van der Waals surface area contributed by atoms with Gasteiger partial charge in [-0.15, -0.1) is 11.3 Å². The van der Waals surface area contributed by atoms with Gasteiger partial charge in [0.15, 0.2) is 0 Å². The Kier molecular flexibility index (Phi) is 4.53. The first-order valence-electron chi connectivity index (χ1n) is 6.92. The summed E-state index contributed by atoms with van der Waals surface area (Å²) in [6.07, 6.45) is 3.42. The second-order valence-electron chi connectivity index (χ2n) is 5.52. The van der Waals surface area contributed by atoms with E-state index in [0.29, 0.717) is 10.6 Å². The second-order valence-corrected chi connectivity index (χ2v) is 6.74. The number of hydrogen-bond acceptors (Lipinski definition) is 4. The molecule has 1 aliphatic rings. The van der Waals surface area contributed by atoms with E-state index >= 15 is 0 Å². The van der Waals surface area contributed by atoms with Crippen molar-refractivity contribution in [3.63, 3.8) is 0 Å². The van der Waals surface area contributed by atoms with Gasteiger partial charge in [-0.05, 0) is 32.3 Å². The van der Waals surface area contributed by atoms with E-state index in [2.05, 4.69) is 10.6 Å². The molecule has 1 saturated carbocycles. The fourth-order valence-corrected chi connectivity index (χ4v) is 3.77. The third-order valence-corrected chi connectivity index (χ3v) is 5.19. The lowest BCUT2D eigenvalue weighted by Crippen LogP contribution is -2.50. The second kappa shape index (κ2) is 6.03. The summed E-state index contributed by atoms with van der Waals surface area (Å²) in [5.41, 5.74) is 0.229. The van der Waals surface area contributed by atoms with E-state index in [4.69, 9.17) is 0 Å². The summed E-state index contributed by atoms with van der Waals surface area (Å²) < 4.78 is 0. The Balaban J connectivity index is 2.13. The average molecular weight is 312 g/mol. The number of anilines is 1. The molecule has 0 radical (unpaired) electrons. The van der Waals surface area contributed by atoms with Crippen molar-refractivity contribution in [2.75, 3.05) is 11.9 Å². The maximum Gasteiger partial charge on any atom is 0.338 e. The molecule has 0 aliphatic heterocycles. The highest BCUT2D eigenvalue weighted by Gasteiger charge is 2.35. The minimum absolute atomic E-state index is 0.102. The fraction of sp³-hybridized carbons (Fsp3) is 0.571. The van der Waals surface area contributed by atoms with Gasteiger partial charge in [-0.3, -0.25) is 5.32 Å². The molecule has 0 atom stereocenters. The van der Waals surface area contributed by atoms with E-state index in [1.165, 1.54) is 11.3 Å². The lowest BCUT2D eigenvalue weighted by molar-refractivity contribution is 0.0697. The number of carboxylic acids is 1. The molecule has 0 unspecified atom stereocenters. The summed E-state index contributed by atoms with van der Waals surface area (Å²) in [5.74, 6) is -1.05. The number of nitrogens with one attached hydrogen (secondary N) is 2. The van der Waals surface area contributed by atoms with Crippen LogP contribution in [0.4, 0.5) is 9.80 Å². The zero-order chi connectivity index (χ0) is 15.6. The highest BCUT2D eigenvalue weighted by Crippen LogP contribution is 2.33. The third-order valence-electron chi connectivity index (χ3n) is 4.07. The van der Waals surface area contributed by atoms with Crippen LogP contribution in [-0.2, 0) is 0 Å². The van der Waals surface area contributed by atoms with E-state index in [1.54, 1.807) is 6.92 Å². The molecular weight excluding hydrogens is 292 g/mol. The van der Waals surface area contributed by atoms with Crippen molar-refractivity contribution in [1.82, 2.24) is 5.32 Å². The maximum atomic E-state index is 12.1. The third kappa shape index (κ3) is 3.19. The smallest absolute Gasteiger partial charge is 0.338 e. The predicted octanol–water partition coefficient (Wildman–Crippen LogP) is 2.49. The van der Waals surface area contributed by atoms with Crippen molar-refractivity contribution in [2.45, 2.75) is 45.1 Å². The Hall–Kier alpha value is -1.60. The van der Waals surface area contributed by atoms with Crippen molar-refractivity contribution < 1.29 is 19.8 Å². The van der Waals surface area contributed by atoms with E-state index < -0.39 is 17.5 Å². The number of aliphatic hydroxyl groups is 1. The Morgan fingerprint density at radius 1 is 1.29 bits per heavy atom. The number of thiophene rings is 1. The lowest BCUT2D eigenvalue weighted by atomic mass is 9.99. The summed E-state index contributed by atoms with van der Waals surface area (Å²) in [5, 5.41) is 24.5. The molecule has 21 heavy (non-hydrogen) atoms. The van der Waals surface area contributed by atoms with Crippen molar-refractivity contribution in [2.24, 2.45) is 0 Å². The van der Waals surface area contributed by atoms with Gasteiger partial charge in [0.2, 0.25) is 0 Å². The van der Waals surface area contributed by atoms with Crippen LogP contribution in [0.5, 0.6) is 0 Å². The number of rotatable bonds is 4. The molecule has 116 valence electrons. The van der Waals surface area contributed by atoms with Gasteiger partial charge in [0.05, 0.1) is 17.7 Å². The first kappa shape index (κ1) is 15.8. The van der Waals surface area contributed by atoms with Crippen LogP contribution < -0.4 is 10.6 Å². The molecule has 7 heteroatoms. The molecule has 2 amide bonds. The number of hydrogen-bond donors (Lipinski definition) is 4. The molecule has 1 heterocycles. The lowest BCUT2D eigenvalue weighted by Gasteiger charge is -2.27. The van der Waals surface area contributed by atoms with Gasteiger partial charge in [-0.25, -0.2) is 9.59 Å². The van der Waals surface area contributed by atoms with Crippen LogP contribution in [0.2, 0.25) is 0 Å². The van der Waals surface area contributed by atoms with Crippen molar-refractivity contribution in [3.8, 4) is 0 Å². The zero-order valence-corrected chi connectivity index (χ0v) is 13.0. The molecule has 1 fully saturated rings. The highest BCUT2D eigenvalue weighted by atomic mass is 32.1. The Bertz CT molecular complexity index is 562. The molecule has 1 aromatic heterocycles. The van der Waals surface area contributed by atoms with Crippen LogP contribution in [0.3, 0.4) is 0 Å². The van der Waals surface area contributed by atoms with Crippen LogP contribution in [0.15, 0.2) is 0 Å². The minimum atomic E-state index is -1.05. The highest BCUT2D eigenvalue weighted by molar-refractivity contribution is 7.16. The van der Waals surface area contributed by atoms with E-state index in [9.17, 15) is 19.8 Å².